The highest BCUT2D eigenvalue weighted by Crippen LogP contribution is 2.29. The Morgan fingerprint density at radius 3 is 2.64 bits per heavy atom. The number of halogens is 2. The molecule has 0 saturated carbocycles. The molecular formula is C10H4Cl2N2. The maximum Gasteiger partial charge on any atom is 0.149 e. The molecule has 14 heavy (non-hydrogen) atoms. The molecule has 0 aliphatic rings. The molecule has 2 rings (SSSR count). The molecule has 1 aromatic carbocycles. The van der Waals surface area contributed by atoms with E-state index in [1.54, 1.807) is 12.1 Å². The van der Waals surface area contributed by atoms with Gasteiger partial charge in [0.05, 0.1) is 16.1 Å². The quantitative estimate of drug-likeness (QED) is 0.641. The SMILES string of the molecule is N#Cc1c(Cl)c(Cl)nc2ccccc12. The van der Waals surface area contributed by atoms with Crippen LogP contribution < -0.4 is 0 Å². The monoisotopic (exact) mass is 222 g/mol. The first-order valence-electron chi connectivity index (χ1n) is 3.88. The van der Waals surface area contributed by atoms with Crippen LogP contribution in [0.25, 0.3) is 10.9 Å². The Kier molecular flexibility index (Phi) is 2.28. The van der Waals surface area contributed by atoms with Gasteiger partial charge in [0.25, 0.3) is 0 Å². The fourth-order valence-corrected chi connectivity index (χ4v) is 1.64. The van der Waals surface area contributed by atoms with Crippen molar-refractivity contribution in [2.75, 3.05) is 0 Å². The summed E-state index contributed by atoms with van der Waals surface area (Å²) in [7, 11) is 0. The summed E-state index contributed by atoms with van der Waals surface area (Å²) in [6.07, 6.45) is 0. The molecule has 0 unspecified atom stereocenters. The van der Waals surface area contributed by atoms with Crippen molar-refractivity contribution in [1.82, 2.24) is 4.98 Å². The average Bonchev–Trinajstić information content (AvgIpc) is 2.20. The summed E-state index contributed by atoms with van der Waals surface area (Å²) in [4.78, 5) is 4.07. The molecule has 2 aromatic rings. The normalized spacial score (nSPS) is 10.1. The predicted molar refractivity (Wildman–Crippen MR) is 56.5 cm³/mol. The van der Waals surface area contributed by atoms with Crippen molar-refractivity contribution in [3.8, 4) is 6.07 Å². The molecule has 1 heterocycles. The van der Waals surface area contributed by atoms with E-state index in [-0.39, 0.29) is 10.2 Å². The molecule has 0 saturated heterocycles. The van der Waals surface area contributed by atoms with Crippen LogP contribution in [0.5, 0.6) is 0 Å². The van der Waals surface area contributed by atoms with E-state index in [1.807, 2.05) is 18.2 Å². The maximum absolute atomic E-state index is 8.92. The van der Waals surface area contributed by atoms with Crippen LogP contribution in [0.1, 0.15) is 5.56 Å². The number of nitrogens with zero attached hydrogens (tertiary/aromatic N) is 2. The van der Waals surface area contributed by atoms with Gasteiger partial charge in [-0.25, -0.2) is 4.98 Å². The lowest BCUT2D eigenvalue weighted by Gasteiger charge is -2.02. The zero-order valence-electron chi connectivity index (χ0n) is 6.96. The van der Waals surface area contributed by atoms with Crippen molar-refractivity contribution >= 4 is 34.1 Å². The highest BCUT2D eigenvalue weighted by atomic mass is 35.5. The minimum absolute atomic E-state index is 0.168. The summed E-state index contributed by atoms with van der Waals surface area (Å²) in [5.74, 6) is 0. The molecule has 0 fully saturated rings. The van der Waals surface area contributed by atoms with Gasteiger partial charge in [-0.3, -0.25) is 0 Å². The van der Waals surface area contributed by atoms with Crippen LogP contribution in [-0.2, 0) is 0 Å². The molecule has 0 spiro atoms. The zero-order valence-corrected chi connectivity index (χ0v) is 8.47. The van der Waals surface area contributed by atoms with E-state index in [0.717, 1.165) is 5.39 Å². The lowest BCUT2D eigenvalue weighted by molar-refractivity contribution is 1.39. The second kappa shape index (κ2) is 3.45. The Labute approximate surface area is 90.7 Å². The number of hydrogen-bond donors (Lipinski definition) is 0. The van der Waals surface area contributed by atoms with Gasteiger partial charge in [-0.15, -0.1) is 0 Å². The Hall–Kier alpha value is -1.30. The summed E-state index contributed by atoms with van der Waals surface area (Å²) in [5, 5.41) is 10.0. The number of rotatable bonds is 0. The first-order chi connectivity index (χ1) is 6.74. The molecule has 68 valence electrons. The van der Waals surface area contributed by atoms with E-state index in [0.29, 0.717) is 11.1 Å². The first-order valence-corrected chi connectivity index (χ1v) is 4.63. The van der Waals surface area contributed by atoms with Crippen molar-refractivity contribution < 1.29 is 0 Å². The Morgan fingerprint density at radius 2 is 1.93 bits per heavy atom. The molecule has 0 atom stereocenters. The second-order valence-electron chi connectivity index (χ2n) is 2.72. The van der Waals surface area contributed by atoms with Gasteiger partial charge in [-0.1, -0.05) is 41.4 Å². The summed E-state index contributed by atoms with van der Waals surface area (Å²) in [6.45, 7) is 0. The number of benzene rings is 1. The summed E-state index contributed by atoms with van der Waals surface area (Å²) >= 11 is 11.6. The van der Waals surface area contributed by atoms with Gasteiger partial charge in [0.15, 0.2) is 0 Å². The van der Waals surface area contributed by atoms with E-state index < -0.39 is 0 Å². The maximum atomic E-state index is 8.92. The van der Waals surface area contributed by atoms with Crippen LogP contribution in [0.2, 0.25) is 10.2 Å². The third-order valence-corrected chi connectivity index (χ3v) is 2.64. The van der Waals surface area contributed by atoms with Crippen LogP contribution in [0.3, 0.4) is 0 Å². The van der Waals surface area contributed by atoms with Crippen molar-refractivity contribution in [2.45, 2.75) is 0 Å². The van der Waals surface area contributed by atoms with E-state index in [4.69, 9.17) is 28.5 Å². The number of pyridine rings is 1. The molecule has 0 radical (unpaired) electrons. The van der Waals surface area contributed by atoms with E-state index in [1.165, 1.54) is 0 Å². The standard InChI is InChI=1S/C10H4Cl2N2/c11-9-7(5-13)6-3-1-2-4-8(6)14-10(9)12/h1-4H. The highest BCUT2D eigenvalue weighted by Gasteiger charge is 2.10. The van der Waals surface area contributed by atoms with Crippen molar-refractivity contribution in [1.29, 1.82) is 5.26 Å². The fraction of sp³-hybridized carbons (Fsp3) is 0. The van der Waals surface area contributed by atoms with Crippen LogP contribution >= 0.6 is 23.2 Å². The minimum atomic E-state index is 0.168. The number of aromatic nitrogens is 1. The van der Waals surface area contributed by atoms with Crippen molar-refractivity contribution in [2.24, 2.45) is 0 Å². The number of hydrogen-bond acceptors (Lipinski definition) is 2. The van der Waals surface area contributed by atoms with Gasteiger partial charge in [0, 0.05) is 5.39 Å². The fourth-order valence-electron chi connectivity index (χ4n) is 1.27. The molecule has 1 aromatic heterocycles. The lowest BCUT2D eigenvalue weighted by atomic mass is 10.1. The van der Waals surface area contributed by atoms with Crippen LogP contribution in [0.4, 0.5) is 0 Å². The van der Waals surface area contributed by atoms with Crippen molar-refractivity contribution in [3.05, 3.63) is 40.0 Å². The molecule has 0 N–H and O–H groups in total. The van der Waals surface area contributed by atoms with Crippen LogP contribution in [0, 0.1) is 11.3 Å². The van der Waals surface area contributed by atoms with Gasteiger partial charge >= 0.3 is 0 Å². The van der Waals surface area contributed by atoms with E-state index in [2.05, 4.69) is 4.98 Å². The van der Waals surface area contributed by atoms with Gasteiger partial charge in [0.2, 0.25) is 0 Å². The lowest BCUT2D eigenvalue weighted by Crippen LogP contribution is -1.87. The van der Waals surface area contributed by atoms with Gasteiger partial charge in [-0.2, -0.15) is 5.26 Å². The minimum Gasteiger partial charge on any atom is -0.234 e. The van der Waals surface area contributed by atoms with E-state index in [9.17, 15) is 0 Å². The third kappa shape index (κ3) is 1.31. The van der Waals surface area contributed by atoms with Gasteiger partial charge in [0.1, 0.15) is 11.2 Å². The van der Waals surface area contributed by atoms with E-state index >= 15 is 0 Å². The largest absolute Gasteiger partial charge is 0.234 e. The van der Waals surface area contributed by atoms with Crippen LogP contribution in [-0.4, -0.2) is 4.98 Å². The predicted octanol–water partition coefficient (Wildman–Crippen LogP) is 3.41. The Balaban J connectivity index is 2.98. The zero-order chi connectivity index (χ0) is 10.1. The Morgan fingerprint density at radius 1 is 1.21 bits per heavy atom. The van der Waals surface area contributed by atoms with Crippen molar-refractivity contribution in [3.63, 3.8) is 0 Å². The Bertz CT molecular complexity index is 544. The molecule has 0 amide bonds. The number of para-hydroxylation sites is 1. The topological polar surface area (TPSA) is 36.7 Å². The van der Waals surface area contributed by atoms with Gasteiger partial charge < -0.3 is 0 Å². The smallest absolute Gasteiger partial charge is 0.149 e. The molecule has 4 heteroatoms. The van der Waals surface area contributed by atoms with Crippen LogP contribution in [0.15, 0.2) is 24.3 Å². The summed E-state index contributed by atoms with van der Waals surface area (Å²) in [5.41, 5.74) is 1.06. The number of nitriles is 1. The van der Waals surface area contributed by atoms with Gasteiger partial charge in [-0.05, 0) is 6.07 Å². The third-order valence-electron chi connectivity index (χ3n) is 1.90. The second-order valence-corrected chi connectivity index (χ2v) is 3.46. The highest BCUT2D eigenvalue weighted by molar-refractivity contribution is 6.42. The molecule has 0 bridgehead atoms. The average molecular weight is 223 g/mol. The number of fused-ring (bicyclic) bond motifs is 1. The molecule has 0 aliphatic carbocycles. The molecular weight excluding hydrogens is 219 g/mol. The summed E-state index contributed by atoms with van der Waals surface area (Å²) in [6, 6.07) is 9.27. The molecule has 0 aliphatic heterocycles. The first kappa shape index (κ1) is 9.26. The molecule has 2 nitrogen and oxygen atoms in total. The summed E-state index contributed by atoms with van der Waals surface area (Å²) < 4.78 is 0.